The lowest BCUT2D eigenvalue weighted by Gasteiger charge is -2.10. The van der Waals surface area contributed by atoms with Gasteiger partial charge in [0.1, 0.15) is 11.3 Å². The van der Waals surface area contributed by atoms with Crippen LogP contribution in [0.25, 0.3) is 11.0 Å². The minimum Gasteiger partial charge on any atom is -0.497 e. The van der Waals surface area contributed by atoms with Crippen LogP contribution in [0, 0.1) is 0 Å². The van der Waals surface area contributed by atoms with Crippen LogP contribution in [-0.2, 0) is 22.6 Å². The van der Waals surface area contributed by atoms with Crippen molar-refractivity contribution in [2.45, 2.75) is 20.0 Å². The third-order valence-electron chi connectivity index (χ3n) is 3.97. The molecule has 0 aliphatic heterocycles. The second-order valence-electron chi connectivity index (χ2n) is 5.64. The minimum atomic E-state index is -0.0949. The summed E-state index contributed by atoms with van der Waals surface area (Å²) < 4.78 is 16.2. The molecular formula is C20H21NO4. The van der Waals surface area contributed by atoms with E-state index < -0.39 is 0 Å². The van der Waals surface area contributed by atoms with Crippen molar-refractivity contribution in [3.63, 3.8) is 0 Å². The Morgan fingerprint density at radius 2 is 2.00 bits per heavy atom. The number of nitrogens with one attached hydrogen (secondary N) is 1. The maximum Gasteiger partial charge on any atom is 0.228 e. The van der Waals surface area contributed by atoms with Crippen molar-refractivity contribution in [1.82, 2.24) is 0 Å². The highest BCUT2D eigenvalue weighted by molar-refractivity contribution is 5.96. The molecule has 130 valence electrons. The lowest BCUT2D eigenvalue weighted by molar-refractivity contribution is -0.115. The van der Waals surface area contributed by atoms with Crippen molar-refractivity contribution in [3.05, 3.63) is 59.9 Å². The fourth-order valence-electron chi connectivity index (χ4n) is 2.67. The van der Waals surface area contributed by atoms with Gasteiger partial charge < -0.3 is 19.2 Å². The van der Waals surface area contributed by atoms with Crippen molar-refractivity contribution < 1.29 is 18.7 Å². The second kappa shape index (κ2) is 7.85. The molecule has 0 radical (unpaired) electrons. The molecule has 3 rings (SSSR count). The molecule has 0 atom stereocenters. The van der Waals surface area contributed by atoms with Gasteiger partial charge in [-0.3, -0.25) is 4.79 Å². The van der Waals surface area contributed by atoms with Crippen molar-refractivity contribution in [2.24, 2.45) is 0 Å². The zero-order valence-electron chi connectivity index (χ0n) is 14.4. The first kappa shape index (κ1) is 17.0. The van der Waals surface area contributed by atoms with Crippen LogP contribution < -0.4 is 10.1 Å². The normalized spacial score (nSPS) is 10.8. The standard InChI is InChI=1S/C20H21NO4/c1-3-24-12-14-6-4-5-7-18(14)21-20(22)10-15-13-25-19-11-16(23-2)8-9-17(15)19/h4-9,11,13H,3,10,12H2,1-2H3,(H,21,22). The molecule has 1 N–H and O–H groups in total. The number of ether oxygens (including phenoxy) is 2. The Morgan fingerprint density at radius 1 is 1.16 bits per heavy atom. The molecule has 1 aromatic heterocycles. The SMILES string of the molecule is CCOCc1ccccc1NC(=O)Cc1coc2cc(OC)ccc12. The number of furan rings is 1. The van der Waals surface area contributed by atoms with Crippen LogP contribution in [0.1, 0.15) is 18.1 Å². The highest BCUT2D eigenvalue weighted by Crippen LogP contribution is 2.26. The van der Waals surface area contributed by atoms with Crippen LogP contribution >= 0.6 is 0 Å². The van der Waals surface area contributed by atoms with Crippen molar-refractivity contribution in [2.75, 3.05) is 19.0 Å². The van der Waals surface area contributed by atoms with E-state index in [1.54, 1.807) is 13.4 Å². The molecule has 0 aliphatic carbocycles. The number of carbonyl (C=O) groups is 1. The summed E-state index contributed by atoms with van der Waals surface area (Å²) in [5.74, 6) is 0.630. The zero-order valence-corrected chi connectivity index (χ0v) is 14.4. The fourth-order valence-corrected chi connectivity index (χ4v) is 2.67. The predicted octanol–water partition coefficient (Wildman–Crippen LogP) is 4.16. The van der Waals surface area contributed by atoms with Gasteiger partial charge in [-0.15, -0.1) is 0 Å². The highest BCUT2D eigenvalue weighted by atomic mass is 16.5. The highest BCUT2D eigenvalue weighted by Gasteiger charge is 2.12. The maximum atomic E-state index is 12.5. The summed E-state index contributed by atoms with van der Waals surface area (Å²) >= 11 is 0. The number of para-hydroxylation sites is 1. The van der Waals surface area contributed by atoms with Crippen LogP contribution in [0.3, 0.4) is 0 Å². The molecule has 3 aromatic rings. The smallest absolute Gasteiger partial charge is 0.228 e. The molecule has 0 saturated heterocycles. The summed E-state index contributed by atoms with van der Waals surface area (Å²) in [7, 11) is 1.61. The zero-order chi connectivity index (χ0) is 17.6. The minimum absolute atomic E-state index is 0.0949. The van der Waals surface area contributed by atoms with E-state index in [9.17, 15) is 4.79 Å². The summed E-state index contributed by atoms with van der Waals surface area (Å²) in [6.07, 6.45) is 1.86. The fraction of sp³-hybridized carbons (Fsp3) is 0.250. The Bertz CT molecular complexity index is 869. The van der Waals surface area contributed by atoms with E-state index in [4.69, 9.17) is 13.9 Å². The summed E-state index contributed by atoms with van der Waals surface area (Å²) in [4.78, 5) is 12.5. The second-order valence-corrected chi connectivity index (χ2v) is 5.64. The Labute approximate surface area is 146 Å². The van der Waals surface area contributed by atoms with E-state index in [-0.39, 0.29) is 12.3 Å². The number of hydrogen-bond donors (Lipinski definition) is 1. The van der Waals surface area contributed by atoms with Crippen molar-refractivity contribution in [1.29, 1.82) is 0 Å². The first-order chi connectivity index (χ1) is 12.2. The van der Waals surface area contributed by atoms with Gasteiger partial charge >= 0.3 is 0 Å². The predicted molar refractivity (Wildman–Crippen MR) is 96.9 cm³/mol. The molecular weight excluding hydrogens is 318 g/mol. The third-order valence-corrected chi connectivity index (χ3v) is 3.97. The molecule has 1 amide bonds. The molecule has 0 unspecified atom stereocenters. The van der Waals surface area contributed by atoms with Crippen molar-refractivity contribution >= 4 is 22.6 Å². The molecule has 25 heavy (non-hydrogen) atoms. The monoisotopic (exact) mass is 339 g/mol. The summed E-state index contributed by atoms with van der Waals surface area (Å²) in [6, 6.07) is 13.2. The van der Waals surface area contributed by atoms with Gasteiger partial charge in [-0.1, -0.05) is 18.2 Å². The Kier molecular flexibility index (Phi) is 5.36. The van der Waals surface area contributed by atoms with E-state index in [0.29, 0.717) is 18.8 Å². The molecule has 0 spiro atoms. The number of anilines is 1. The van der Waals surface area contributed by atoms with Gasteiger partial charge in [0.25, 0.3) is 0 Å². The van der Waals surface area contributed by atoms with Gasteiger partial charge in [0.15, 0.2) is 0 Å². The van der Waals surface area contributed by atoms with Gasteiger partial charge in [0, 0.05) is 34.9 Å². The first-order valence-corrected chi connectivity index (χ1v) is 8.21. The lowest BCUT2D eigenvalue weighted by atomic mass is 10.1. The Balaban J connectivity index is 1.73. The number of rotatable bonds is 7. The number of carbonyl (C=O) groups excluding carboxylic acids is 1. The van der Waals surface area contributed by atoms with Crippen LogP contribution in [0.2, 0.25) is 0 Å². The lowest BCUT2D eigenvalue weighted by Crippen LogP contribution is -2.15. The van der Waals surface area contributed by atoms with Crippen molar-refractivity contribution in [3.8, 4) is 5.75 Å². The van der Waals surface area contributed by atoms with E-state index in [1.165, 1.54) is 0 Å². The number of hydrogen-bond acceptors (Lipinski definition) is 4. The van der Waals surface area contributed by atoms with Gasteiger partial charge in [-0.05, 0) is 25.1 Å². The van der Waals surface area contributed by atoms with Crippen LogP contribution in [0.5, 0.6) is 5.75 Å². The van der Waals surface area contributed by atoms with Gasteiger partial charge in [0.05, 0.1) is 26.4 Å². The number of fused-ring (bicyclic) bond motifs is 1. The van der Waals surface area contributed by atoms with E-state index >= 15 is 0 Å². The number of amides is 1. The van der Waals surface area contributed by atoms with Crippen LogP contribution in [-0.4, -0.2) is 19.6 Å². The van der Waals surface area contributed by atoms with Crippen LogP contribution in [0.4, 0.5) is 5.69 Å². The molecule has 0 saturated carbocycles. The molecule has 5 nitrogen and oxygen atoms in total. The Hall–Kier alpha value is -2.79. The molecule has 0 bridgehead atoms. The molecule has 5 heteroatoms. The molecule has 0 aliphatic rings. The average Bonchev–Trinajstić information content (AvgIpc) is 3.02. The topological polar surface area (TPSA) is 60.7 Å². The molecule has 1 heterocycles. The first-order valence-electron chi connectivity index (χ1n) is 8.21. The Morgan fingerprint density at radius 3 is 2.80 bits per heavy atom. The van der Waals surface area contributed by atoms with Crippen LogP contribution in [0.15, 0.2) is 53.1 Å². The van der Waals surface area contributed by atoms with Gasteiger partial charge in [0.2, 0.25) is 5.91 Å². The maximum absolute atomic E-state index is 12.5. The average molecular weight is 339 g/mol. The van der Waals surface area contributed by atoms with E-state index in [1.807, 2.05) is 49.4 Å². The molecule has 0 fully saturated rings. The largest absolute Gasteiger partial charge is 0.497 e. The van der Waals surface area contributed by atoms with E-state index in [0.717, 1.165) is 28.0 Å². The van der Waals surface area contributed by atoms with Gasteiger partial charge in [-0.25, -0.2) is 0 Å². The van der Waals surface area contributed by atoms with E-state index in [2.05, 4.69) is 5.32 Å². The summed E-state index contributed by atoms with van der Waals surface area (Å²) in [5, 5.41) is 3.87. The van der Waals surface area contributed by atoms with Gasteiger partial charge in [-0.2, -0.15) is 0 Å². The third kappa shape index (κ3) is 4.00. The molecule has 2 aromatic carbocycles. The number of methoxy groups -OCH3 is 1. The quantitative estimate of drug-likeness (QED) is 0.702. The summed E-state index contributed by atoms with van der Waals surface area (Å²) in [5.41, 5.74) is 3.28. The number of benzene rings is 2. The summed E-state index contributed by atoms with van der Waals surface area (Å²) in [6.45, 7) is 3.05.